The smallest absolute Gasteiger partial charge is 0.254 e. The monoisotopic (exact) mass is 516 g/mol. The van der Waals surface area contributed by atoms with Gasteiger partial charge in [0.05, 0.1) is 47.6 Å². The van der Waals surface area contributed by atoms with Crippen LogP contribution in [0.2, 0.25) is 0 Å². The third-order valence-corrected chi connectivity index (χ3v) is 7.25. The van der Waals surface area contributed by atoms with Crippen molar-refractivity contribution in [1.29, 1.82) is 0 Å². The van der Waals surface area contributed by atoms with E-state index in [4.69, 9.17) is 20.0 Å². The van der Waals surface area contributed by atoms with Crippen LogP contribution in [-0.2, 0) is 20.0 Å². The van der Waals surface area contributed by atoms with Crippen LogP contribution in [0.3, 0.4) is 0 Å². The minimum atomic E-state index is -0.683. The Labute approximate surface area is 218 Å². The Balaban J connectivity index is 1.49. The largest absolute Gasteiger partial charge is 0.495 e. The number of alkyl halides is 1. The van der Waals surface area contributed by atoms with Crippen molar-refractivity contribution in [2.45, 2.75) is 25.9 Å². The van der Waals surface area contributed by atoms with Gasteiger partial charge < -0.3 is 29.0 Å². The Hall–Kier alpha value is -4.18. The molecule has 3 aromatic heterocycles. The first kappa shape index (κ1) is 24.2. The fourth-order valence-electron chi connectivity index (χ4n) is 5.40. The van der Waals surface area contributed by atoms with Crippen molar-refractivity contribution in [2.24, 2.45) is 12.8 Å². The highest BCUT2D eigenvalue weighted by Gasteiger charge is 2.28. The molecule has 196 valence electrons. The second-order valence-corrected chi connectivity index (χ2v) is 9.86. The molecule has 1 atom stereocenters. The fraction of sp³-hybridized carbons (Fsp3) is 0.321. The van der Waals surface area contributed by atoms with Crippen molar-refractivity contribution in [2.75, 3.05) is 26.9 Å². The van der Waals surface area contributed by atoms with Crippen LogP contribution in [0.4, 0.5) is 4.39 Å². The number of fused-ring (bicyclic) bond motifs is 3. The van der Waals surface area contributed by atoms with E-state index < -0.39 is 12.7 Å². The first-order valence-electron chi connectivity index (χ1n) is 12.6. The summed E-state index contributed by atoms with van der Waals surface area (Å²) in [6.45, 7) is 2.39. The summed E-state index contributed by atoms with van der Waals surface area (Å²) in [6, 6.07) is 13.1. The molecule has 10 heteroatoms. The van der Waals surface area contributed by atoms with E-state index in [9.17, 15) is 9.18 Å². The Morgan fingerprint density at radius 1 is 1.24 bits per heavy atom. The molecule has 2 N–H and O–H groups in total. The van der Waals surface area contributed by atoms with Crippen molar-refractivity contribution in [3.63, 3.8) is 0 Å². The molecular formula is C28H29FN6O3. The van der Waals surface area contributed by atoms with E-state index in [0.29, 0.717) is 30.6 Å². The number of ether oxygens (including phenoxy) is 1. The third-order valence-electron chi connectivity index (χ3n) is 7.25. The highest BCUT2D eigenvalue weighted by molar-refractivity contribution is 6.01. The molecule has 9 nitrogen and oxygen atoms in total. The molecule has 0 radical (unpaired) electrons. The lowest BCUT2D eigenvalue weighted by atomic mass is 9.97. The number of para-hydroxylation sites is 1. The fourth-order valence-corrected chi connectivity index (χ4v) is 5.40. The minimum Gasteiger partial charge on any atom is -0.495 e. The average Bonchev–Trinajstić information content (AvgIpc) is 3.60. The van der Waals surface area contributed by atoms with Crippen LogP contribution in [0.5, 0.6) is 5.75 Å². The zero-order chi connectivity index (χ0) is 26.6. The third kappa shape index (κ3) is 3.92. The van der Waals surface area contributed by atoms with Gasteiger partial charge >= 0.3 is 0 Å². The number of nitrogens with zero attached hydrogens (tertiary/aromatic N) is 5. The number of aromatic nitrogens is 4. The van der Waals surface area contributed by atoms with E-state index in [1.807, 2.05) is 54.9 Å². The zero-order valence-corrected chi connectivity index (χ0v) is 21.6. The number of halogens is 1. The average molecular weight is 517 g/mol. The number of imidazole rings is 1. The van der Waals surface area contributed by atoms with Gasteiger partial charge in [-0.25, -0.2) is 9.37 Å². The van der Waals surface area contributed by atoms with Crippen molar-refractivity contribution in [3.05, 3.63) is 65.0 Å². The summed E-state index contributed by atoms with van der Waals surface area (Å²) >= 11 is 0. The van der Waals surface area contributed by atoms with Crippen molar-refractivity contribution in [3.8, 4) is 17.3 Å². The lowest BCUT2D eigenvalue weighted by molar-refractivity contribution is 0.0725. The molecular weight excluding hydrogens is 487 g/mol. The molecule has 0 bridgehead atoms. The van der Waals surface area contributed by atoms with Crippen LogP contribution in [0.1, 0.15) is 27.4 Å². The maximum absolute atomic E-state index is 13.2. The van der Waals surface area contributed by atoms with Crippen LogP contribution in [-0.4, -0.2) is 63.0 Å². The quantitative estimate of drug-likeness (QED) is 0.353. The van der Waals surface area contributed by atoms with E-state index in [2.05, 4.69) is 15.8 Å². The highest BCUT2D eigenvalue weighted by Crippen LogP contribution is 2.36. The SMILES string of the molecule is COc1cccc2cc(-c3nc4cc5c(cc4n3C)CCN(C[C@H](N)CF)C5=O)n(Cc3cc(C)no3)c12. The summed E-state index contributed by atoms with van der Waals surface area (Å²) < 4.78 is 28.4. The van der Waals surface area contributed by atoms with Gasteiger partial charge in [-0.2, -0.15) is 0 Å². The topological polar surface area (TPSA) is 104 Å². The Bertz CT molecular complexity index is 1680. The van der Waals surface area contributed by atoms with Crippen LogP contribution in [0.25, 0.3) is 33.5 Å². The molecule has 1 amide bonds. The molecule has 4 heterocycles. The van der Waals surface area contributed by atoms with Crippen molar-refractivity contribution >= 4 is 27.8 Å². The molecule has 0 fully saturated rings. The van der Waals surface area contributed by atoms with E-state index >= 15 is 0 Å². The number of nitrogens with two attached hydrogens (primary N) is 1. The number of benzene rings is 2. The summed E-state index contributed by atoms with van der Waals surface area (Å²) in [5, 5.41) is 5.06. The predicted octanol–water partition coefficient (Wildman–Crippen LogP) is 3.84. The van der Waals surface area contributed by atoms with Gasteiger partial charge in [0.2, 0.25) is 0 Å². The number of aryl methyl sites for hydroxylation is 2. The van der Waals surface area contributed by atoms with Crippen molar-refractivity contribution in [1.82, 2.24) is 24.2 Å². The van der Waals surface area contributed by atoms with Gasteiger partial charge in [0.1, 0.15) is 12.4 Å². The van der Waals surface area contributed by atoms with Gasteiger partial charge in [-0.1, -0.05) is 17.3 Å². The molecule has 0 saturated carbocycles. The van der Waals surface area contributed by atoms with Crippen LogP contribution in [0.15, 0.2) is 47.0 Å². The first-order chi connectivity index (χ1) is 18.4. The number of hydrogen-bond acceptors (Lipinski definition) is 6. The summed E-state index contributed by atoms with van der Waals surface area (Å²) in [7, 11) is 3.64. The molecule has 1 aliphatic rings. The molecule has 0 saturated heterocycles. The predicted molar refractivity (Wildman–Crippen MR) is 142 cm³/mol. The molecule has 0 spiro atoms. The standard InChI is InChI=1S/C28H29FN6O3/c1-16-9-20(38-32-16)15-35-24(11-18-5-4-6-25(37-3)26(18)35)27-31-22-12-21-17(10-23(22)33(27)2)7-8-34(28(21)36)14-19(30)13-29/h4-6,9-12,19H,7-8,13-15,30H2,1-3H3/t19-/m1/s1. The molecule has 2 aromatic carbocycles. The Morgan fingerprint density at radius 2 is 2.08 bits per heavy atom. The number of carbonyl (C=O) groups is 1. The lowest BCUT2D eigenvalue weighted by Crippen LogP contribution is -2.45. The number of hydrogen-bond donors (Lipinski definition) is 1. The second kappa shape index (κ2) is 9.29. The van der Waals surface area contributed by atoms with Crippen molar-refractivity contribution < 1.29 is 18.4 Å². The van der Waals surface area contributed by atoms with Gasteiger partial charge in [-0.15, -0.1) is 0 Å². The molecule has 6 rings (SSSR count). The first-order valence-corrected chi connectivity index (χ1v) is 12.6. The van der Waals surface area contributed by atoms with E-state index in [0.717, 1.165) is 50.7 Å². The normalized spacial score (nSPS) is 14.4. The summed E-state index contributed by atoms with van der Waals surface area (Å²) in [5.41, 5.74) is 11.6. The van der Waals surface area contributed by atoms with Gasteiger partial charge in [-0.05, 0) is 43.2 Å². The molecule has 0 unspecified atom stereocenters. The number of carbonyl (C=O) groups excluding carboxylic acids is 1. The van der Waals surface area contributed by atoms with Crippen LogP contribution >= 0.6 is 0 Å². The summed E-state index contributed by atoms with van der Waals surface area (Å²) in [6.07, 6.45) is 0.679. The van der Waals surface area contributed by atoms with Crippen LogP contribution < -0.4 is 10.5 Å². The second-order valence-electron chi connectivity index (χ2n) is 9.86. The molecule has 1 aliphatic heterocycles. The Morgan fingerprint density at radius 3 is 2.82 bits per heavy atom. The van der Waals surface area contributed by atoms with Gasteiger partial charge in [0.15, 0.2) is 11.6 Å². The number of methoxy groups -OCH3 is 1. The van der Waals surface area contributed by atoms with Gasteiger partial charge in [0.25, 0.3) is 5.91 Å². The number of rotatable bonds is 7. The van der Waals surface area contributed by atoms with Gasteiger partial charge in [-0.3, -0.25) is 4.79 Å². The van der Waals surface area contributed by atoms with E-state index in [1.165, 1.54) is 0 Å². The van der Waals surface area contributed by atoms with E-state index in [1.54, 1.807) is 12.0 Å². The minimum absolute atomic E-state index is 0.135. The molecule has 38 heavy (non-hydrogen) atoms. The zero-order valence-electron chi connectivity index (χ0n) is 21.6. The summed E-state index contributed by atoms with van der Waals surface area (Å²) in [5.74, 6) is 2.08. The molecule has 5 aromatic rings. The van der Waals surface area contributed by atoms with Gasteiger partial charge in [0, 0.05) is 37.2 Å². The maximum Gasteiger partial charge on any atom is 0.254 e. The lowest BCUT2D eigenvalue weighted by Gasteiger charge is -2.30. The van der Waals surface area contributed by atoms with E-state index in [-0.39, 0.29) is 12.5 Å². The summed E-state index contributed by atoms with van der Waals surface area (Å²) in [4.78, 5) is 19.8. The molecule has 0 aliphatic carbocycles. The van der Waals surface area contributed by atoms with Crippen LogP contribution in [0, 0.1) is 6.92 Å². The maximum atomic E-state index is 13.2. The highest BCUT2D eigenvalue weighted by atomic mass is 19.1. The Kier molecular flexibility index (Phi) is 5.91. The number of amides is 1.